The fourth-order valence-corrected chi connectivity index (χ4v) is 8.82. The number of aromatic nitrogens is 6. The Morgan fingerprint density at radius 3 is 1.51 bits per heavy atom. The molecular weight excluding hydrogens is 900 g/mol. The number of rotatable bonds is 13. The molecule has 5 N–H and O–H groups in total. The molecule has 6 heterocycles. The smallest absolute Gasteiger partial charge is 0.404 e. The number of aliphatic carboxylic acids is 2. The van der Waals surface area contributed by atoms with Crippen molar-refractivity contribution in [1.82, 2.24) is 38.5 Å². The average molecular weight is 942 g/mol. The van der Waals surface area contributed by atoms with Gasteiger partial charge in [0.15, 0.2) is 0 Å². The van der Waals surface area contributed by atoms with Gasteiger partial charge in [0.1, 0.15) is 20.1 Å². The molecule has 0 saturated heterocycles. The van der Waals surface area contributed by atoms with Crippen molar-refractivity contribution in [2.45, 2.75) is 49.6 Å². The maximum absolute atomic E-state index is 13.4. The molecule has 0 spiro atoms. The van der Waals surface area contributed by atoms with Crippen molar-refractivity contribution in [3.05, 3.63) is 144 Å². The second-order valence-corrected chi connectivity index (χ2v) is 18.6. The van der Waals surface area contributed by atoms with Crippen molar-refractivity contribution in [2.75, 3.05) is 7.05 Å². The highest BCUT2D eigenvalue weighted by atomic mass is 35.5. The summed E-state index contributed by atoms with van der Waals surface area (Å²) in [5.41, 5.74) is 2.85. The third kappa shape index (κ3) is 13.3. The SMILES string of the molecule is CC(C)(C)C(Cc1cc(-c2cccnc2Cl)n(S(=O)(=O)c2cccnc2)c1)NC(=O)O.CNCc1cc(-c2cccnc2Cl)n(S(=O)(=O)c2cccnc2)c1.O=C(O)/C=C/C(=O)O. The van der Waals surface area contributed by atoms with Gasteiger partial charge in [-0.1, -0.05) is 44.0 Å². The largest absolute Gasteiger partial charge is 0.478 e. The van der Waals surface area contributed by atoms with Gasteiger partial charge >= 0.3 is 18.0 Å². The van der Waals surface area contributed by atoms with Gasteiger partial charge in [-0.3, -0.25) is 9.97 Å². The Labute approximate surface area is 373 Å². The number of halogens is 2. The summed E-state index contributed by atoms with van der Waals surface area (Å²) in [6.07, 6.45) is 12.0. The summed E-state index contributed by atoms with van der Waals surface area (Å²) < 4.78 is 55.1. The molecular formula is C41H42Cl2N8O10S2. The van der Waals surface area contributed by atoms with Gasteiger partial charge in [0.2, 0.25) is 0 Å². The van der Waals surface area contributed by atoms with Crippen molar-refractivity contribution in [3.8, 4) is 22.5 Å². The molecule has 0 radical (unpaired) electrons. The van der Waals surface area contributed by atoms with Crippen LogP contribution < -0.4 is 10.6 Å². The first-order chi connectivity index (χ1) is 29.7. The van der Waals surface area contributed by atoms with Crippen LogP contribution in [-0.2, 0) is 42.6 Å². The van der Waals surface area contributed by atoms with Gasteiger partial charge in [-0.15, -0.1) is 0 Å². The molecule has 1 unspecified atom stereocenters. The summed E-state index contributed by atoms with van der Waals surface area (Å²) in [4.78, 5) is 46.4. The molecule has 1 atom stereocenters. The van der Waals surface area contributed by atoms with Gasteiger partial charge in [-0.25, -0.2) is 49.1 Å². The lowest BCUT2D eigenvalue weighted by atomic mass is 9.83. The normalized spacial score (nSPS) is 12.0. The third-order valence-electron chi connectivity index (χ3n) is 8.67. The van der Waals surface area contributed by atoms with Crippen LogP contribution in [0.2, 0.25) is 10.3 Å². The van der Waals surface area contributed by atoms with Gasteiger partial charge in [0.25, 0.3) is 20.0 Å². The number of nitrogens with zero attached hydrogens (tertiary/aromatic N) is 6. The van der Waals surface area contributed by atoms with E-state index in [4.69, 9.17) is 33.4 Å². The van der Waals surface area contributed by atoms with Gasteiger partial charge in [-0.2, -0.15) is 0 Å². The molecule has 1 amide bonds. The predicted molar refractivity (Wildman–Crippen MR) is 234 cm³/mol. The Hall–Kier alpha value is -6.45. The lowest BCUT2D eigenvalue weighted by Crippen LogP contribution is -2.44. The zero-order valence-corrected chi connectivity index (χ0v) is 37.1. The summed E-state index contributed by atoms with van der Waals surface area (Å²) in [5, 5.41) is 30.8. The van der Waals surface area contributed by atoms with Crippen LogP contribution in [0, 0.1) is 5.41 Å². The highest BCUT2D eigenvalue weighted by molar-refractivity contribution is 7.90. The number of carboxylic acids is 2. The maximum atomic E-state index is 13.4. The Bertz CT molecular complexity index is 2780. The minimum Gasteiger partial charge on any atom is -0.478 e. The molecule has 6 rings (SSSR count). The molecule has 22 heteroatoms. The van der Waals surface area contributed by atoms with E-state index in [2.05, 4.69) is 30.6 Å². The fourth-order valence-electron chi connectivity index (χ4n) is 5.68. The van der Waals surface area contributed by atoms with E-state index in [0.717, 1.165) is 9.54 Å². The number of hydrogen-bond donors (Lipinski definition) is 5. The number of hydrogen-bond acceptors (Lipinski definition) is 12. The molecule has 63 heavy (non-hydrogen) atoms. The number of nitrogens with one attached hydrogen (secondary N) is 2. The van der Waals surface area contributed by atoms with Crippen LogP contribution in [0.3, 0.4) is 0 Å². The second-order valence-electron chi connectivity index (χ2n) is 14.2. The highest BCUT2D eigenvalue weighted by Gasteiger charge is 2.29. The van der Waals surface area contributed by atoms with E-state index in [1.54, 1.807) is 68.0 Å². The summed E-state index contributed by atoms with van der Waals surface area (Å²) >= 11 is 12.4. The second kappa shape index (κ2) is 21.6. The van der Waals surface area contributed by atoms with Crippen molar-refractivity contribution < 1.29 is 46.5 Å². The van der Waals surface area contributed by atoms with Crippen molar-refractivity contribution in [2.24, 2.45) is 5.41 Å². The van der Waals surface area contributed by atoms with Crippen LogP contribution in [-0.4, -0.2) is 91.2 Å². The van der Waals surface area contributed by atoms with Crippen LogP contribution >= 0.6 is 23.2 Å². The van der Waals surface area contributed by atoms with Gasteiger partial charge < -0.3 is 26.0 Å². The zero-order valence-electron chi connectivity index (χ0n) is 34.0. The summed E-state index contributed by atoms with van der Waals surface area (Å²) in [6, 6.07) is 15.9. The van der Waals surface area contributed by atoms with Crippen LogP contribution in [0.1, 0.15) is 31.9 Å². The number of pyridine rings is 4. The van der Waals surface area contributed by atoms with E-state index in [9.17, 15) is 36.3 Å². The Balaban J connectivity index is 0.000000241. The number of amides is 1. The van der Waals surface area contributed by atoms with Crippen molar-refractivity contribution in [1.29, 1.82) is 0 Å². The molecule has 6 aromatic heterocycles. The maximum Gasteiger partial charge on any atom is 0.404 e. The first kappa shape index (κ1) is 49.2. The fraction of sp³-hybridized carbons (Fsp3) is 0.195. The van der Waals surface area contributed by atoms with E-state index < -0.39 is 49.5 Å². The molecule has 0 aliphatic carbocycles. The van der Waals surface area contributed by atoms with Gasteiger partial charge in [0, 0.05) is 85.4 Å². The molecule has 0 bridgehead atoms. The van der Waals surface area contributed by atoms with E-state index in [1.807, 2.05) is 20.8 Å². The zero-order chi connectivity index (χ0) is 46.5. The third-order valence-corrected chi connectivity index (χ3v) is 12.6. The summed E-state index contributed by atoms with van der Waals surface area (Å²) in [7, 11) is -5.97. The Kier molecular flexibility index (Phi) is 16.8. The van der Waals surface area contributed by atoms with Gasteiger partial charge in [0.05, 0.1) is 11.4 Å². The number of carbonyl (C=O) groups is 3. The molecule has 0 aliphatic rings. The predicted octanol–water partition coefficient (Wildman–Crippen LogP) is 6.33. The van der Waals surface area contributed by atoms with Crippen LogP contribution in [0.4, 0.5) is 4.79 Å². The summed E-state index contributed by atoms with van der Waals surface area (Å²) in [6.45, 7) is 6.27. The van der Waals surface area contributed by atoms with Crippen LogP contribution in [0.5, 0.6) is 0 Å². The topological polar surface area (TPSA) is 266 Å². The highest BCUT2D eigenvalue weighted by Crippen LogP contribution is 2.33. The lowest BCUT2D eigenvalue weighted by Gasteiger charge is -2.30. The van der Waals surface area contributed by atoms with Crippen LogP contribution in [0.25, 0.3) is 22.5 Å². The lowest BCUT2D eigenvalue weighted by molar-refractivity contribution is -0.134. The minimum absolute atomic E-state index is 0.0226. The summed E-state index contributed by atoms with van der Waals surface area (Å²) in [5.74, 6) is -2.51. The molecule has 0 aliphatic heterocycles. The first-order valence-electron chi connectivity index (χ1n) is 18.4. The molecule has 0 fully saturated rings. The van der Waals surface area contributed by atoms with Gasteiger partial charge in [-0.05, 0) is 90.7 Å². The Morgan fingerprint density at radius 1 is 0.714 bits per heavy atom. The molecule has 0 saturated carbocycles. The Morgan fingerprint density at radius 2 is 1.14 bits per heavy atom. The van der Waals surface area contributed by atoms with E-state index >= 15 is 0 Å². The van der Waals surface area contributed by atoms with E-state index in [-0.39, 0.29) is 26.5 Å². The monoisotopic (exact) mass is 940 g/mol. The van der Waals surface area contributed by atoms with E-state index in [0.29, 0.717) is 46.8 Å². The van der Waals surface area contributed by atoms with E-state index in [1.165, 1.54) is 53.3 Å². The molecule has 332 valence electrons. The van der Waals surface area contributed by atoms with Crippen molar-refractivity contribution >= 4 is 61.3 Å². The van der Waals surface area contributed by atoms with Crippen molar-refractivity contribution in [3.63, 3.8) is 0 Å². The standard InChI is InChI=1S/C21H23ClN4O4S.C16H15ClN4O2S.C4H4O4/c1-21(2,3)18(25-20(27)28)11-14-10-17(16-7-5-9-24-19(16)22)26(13-14)31(29,30)15-6-4-8-23-12-15;1-18-9-12-8-15(14-5-3-7-20-16(14)17)21(11-12)24(22,23)13-4-2-6-19-10-13;5-3(6)1-2-4(7)8/h4-10,12-13,18,25H,11H2,1-3H3,(H,27,28);2-8,10-11,18H,9H2,1H3;1-2H,(H,5,6)(H,7,8)/b;;2-1+. The first-order valence-corrected chi connectivity index (χ1v) is 22.0. The minimum atomic E-state index is -3.98. The quantitative estimate of drug-likeness (QED) is 0.0626. The molecule has 18 nitrogen and oxygen atoms in total. The number of carboxylic acid groups (broad SMARTS) is 3. The van der Waals surface area contributed by atoms with Crippen LogP contribution in [0.15, 0.2) is 132 Å². The molecule has 0 aromatic carbocycles. The molecule has 6 aromatic rings. The average Bonchev–Trinajstić information content (AvgIpc) is 3.87.